The molecule has 1 aliphatic heterocycles. The minimum atomic E-state index is 0.410. The summed E-state index contributed by atoms with van der Waals surface area (Å²) in [4.78, 5) is 0. The molecule has 1 fully saturated rings. The van der Waals surface area contributed by atoms with Gasteiger partial charge < -0.3 is 15.4 Å². The fourth-order valence-electron chi connectivity index (χ4n) is 1.34. The van der Waals surface area contributed by atoms with E-state index in [0.717, 1.165) is 24.7 Å². The van der Waals surface area contributed by atoms with Crippen LogP contribution in [0.5, 0.6) is 0 Å². The predicted molar refractivity (Wildman–Crippen MR) is 53.2 cm³/mol. The third-order valence-electron chi connectivity index (χ3n) is 2.26. The quantitative estimate of drug-likeness (QED) is 0.619. The Balaban J connectivity index is 2.26. The normalized spacial score (nSPS) is 25.0. The summed E-state index contributed by atoms with van der Waals surface area (Å²) >= 11 is 5.00. The smallest absolute Gasteiger partial charge is 0.166 e. The first kappa shape index (κ1) is 9.74. The highest BCUT2D eigenvalue weighted by Gasteiger charge is 2.22. The van der Waals surface area contributed by atoms with Crippen LogP contribution >= 0.6 is 12.2 Å². The van der Waals surface area contributed by atoms with E-state index in [4.69, 9.17) is 17.0 Å². The average molecular weight is 188 g/mol. The second-order valence-corrected chi connectivity index (χ2v) is 3.54. The number of rotatable bonds is 2. The highest BCUT2D eigenvalue weighted by molar-refractivity contribution is 7.80. The fraction of sp³-hybridized carbons (Fsp3) is 0.875. The zero-order valence-corrected chi connectivity index (χ0v) is 8.41. The summed E-state index contributed by atoms with van der Waals surface area (Å²) < 4.78 is 5.29. The molecule has 0 bridgehead atoms. The Bertz CT molecular complexity index is 157. The second kappa shape index (κ2) is 4.62. The van der Waals surface area contributed by atoms with Crippen LogP contribution in [-0.4, -0.2) is 31.4 Å². The molecule has 1 saturated heterocycles. The van der Waals surface area contributed by atoms with E-state index in [2.05, 4.69) is 17.6 Å². The minimum Gasteiger partial charge on any atom is -0.381 e. The van der Waals surface area contributed by atoms with E-state index in [-0.39, 0.29) is 0 Å². The summed E-state index contributed by atoms with van der Waals surface area (Å²) in [6.45, 7) is 3.90. The Kier molecular flexibility index (Phi) is 3.75. The maximum Gasteiger partial charge on any atom is 0.166 e. The van der Waals surface area contributed by atoms with Gasteiger partial charge in [0.25, 0.3) is 0 Å². The van der Waals surface area contributed by atoms with Crippen LogP contribution in [0.3, 0.4) is 0 Å². The van der Waals surface area contributed by atoms with Crippen molar-refractivity contribution >= 4 is 17.3 Å². The lowest BCUT2D eigenvalue weighted by atomic mass is 10.0. The van der Waals surface area contributed by atoms with Crippen LogP contribution in [0.4, 0.5) is 0 Å². The van der Waals surface area contributed by atoms with Crippen molar-refractivity contribution in [2.75, 3.05) is 20.3 Å². The van der Waals surface area contributed by atoms with Gasteiger partial charge in [0.15, 0.2) is 5.11 Å². The summed E-state index contributed by atoms with van der Waals surface area (Å²) in [7, 11) is 1.83. The molecule has 0 aromatic rings. The lowest BCUT2D eigenvalue weighted by molar-refractivity contribution is 0.180. The fourth-order valence-corrected chi connectivity index (χ4v) is 1.53. The van der Waals surface area contributed by atoms with E-state index in [1.54, 1.807) is 0 Å². The predicted octanol–water partition coefficient (Wildman–Crippen LogP) is 0.505. The molecule has 2 atom stereocenters. The summed E-state index contributed by atoms with van der Waals surface area (Å²) in [6, 6.07) is 0.410. The summed E-state index contributed by atoms with van der Waals surface area (Å²) in [5, 5.41) is 6.83. The van der Waals surface area contributed by atoms with Crippen LogP contribution in [0, 0.1) is 5.92 Å². The standard InChI is InChI=1S/C8H16N2OS/c1-6(10-8(12)9-2)7-3-4-11-5-7/h6-7H,3-5H2,1-2H3,(H2,9,10,12). The Hall–Kier alpha value is -0.350. The lowest BCUT2D eigenvalue weighted by Gasteiger charge is -2.20. The van der Waals surface area contributed by atoms with Crippen molar-refractivity contribution in [1.82, 2.24) is 10.6 Å². The van der Waals surface area contributed by atoms with E-state index >= 15 is 0 Å². The molecule has 70 valence electrons. The molecule has 12 heavy (non-hydrogen) atoms. The third kappa shape index (κ3) is 2.60. The van der Waals surface area contributed by atoms with Gasteiger partial charge in [0.2, 0.25) is 0 Å². The van der Waals surface area contributed by atoms with Crippen molar-refractivity contribution in [3.8, 4) is 0 Å². The average Bonchev–Trinajstić information content (AvgIpc) is 2.56. The van der Waals surface area contributed by atoms with Gasteiger partial charge >= 0.3 is 0 Å². The molecule has 0 aliphatic carbocycles. The van der Waals surface area contributed by atoms with E-state index in [1.807, 2.05) is 7.05 Å². The molecule has 4 heteroatoms. The van der Waals surface area contributed by atoms with E-state index in [0.29, 0.717) is 12.0 Å². The molecular weight excluding hydrogens is 172 g/mol. The Morgan fingerprint density at radius 2 is 2.42 bits per heavy atom. The first-order chi connectivity index (χ1) is 5.74. The van der Waals surface area contributed by atoms with Crippen LogP contribution in [0.15, 0.2) is 0 Å². The maximum absolute atomic E-state index is 5.29. The molecule has 0 aromatic carbocycles. The summed E-state index contributed by atoms with van der Waals surface area (Å²) in [5.74, 6) is 0.608. The molecule has 3 nitrogen and oxygen atoms in total. The van der Waals surface area contributed by atoms with Gasteiger partial charge in [-0.3, -0.25) is 0 Å². The molecule has 1 heterocycles. The molecule has 2 unspecified atom stereocenters. The molecule has 0 amide bonds. The van der Waals surface area contributed by atoms with Crippen LogP contribution in [-0.2, 0) is 4.74 Å². The zero-order chi connectivity index (χ0) is 8.97. The number of hydrogen-bond acceptors (Lipinski definition) is 2. The Morgan fingerprint density at radius 3 is 2.92 bits per heavy atom. The largest absolute Gasteiger partial charge is 0.381 e. The van der Waals surface area contributed by atoms with Crippen molar-refractivity contribution in [2.24, 2.45) is 5.92 Å². The van der Waals surface area contributed by atoms with Crippen LogP contribution < -0.4 is 10.6 Å². The maximum atomic E-state index is 5.29. The monoisotopic (exact) mass is 188 g/mol. The van der Waals surface area contributed by atoms with Gasteiger partial charge in [-0.15, -0.1) is 0 Å². The zero-order valence-electron chi connectivity index (χ0n) is 7.59. The third-order valence-corrected chi connectivity index (χ3v) is 2.58. The van der Waals surface area contributed by atoms with Crippen molar-refractivity contribution in [2.45, 2.75) is 19.4 Å². The van der Waals surface area contributed by atoms with Crippen molar-refractivity contribution in [3.05, 3.63) is 0 Å². The van der Waals surface area contributed by atoms with Gasteiger partial charge in [0.1, 0.15) is 0 Å². The molecule has 2 N–H and O–H groups in total. The highest BCUT2D eigenvalue weighted by Crippen LogP contribution is 2.15. The van der Waals surface area contributed by atoms with Crippen LogP contribution in [0.2, 0.25) is 0 Å². The van der Waals surface area contributed by atoms with Crippen molar-refractivity contribution in [3.63, 3.8) is 0 Å². The Morgan fingerprint density at radius 1 is 1.67 bits per heavy atom. The molecule has 1 aliphatic rings. The lowest BCUT2D eigenvalue weighted by Crippen LogP contribution is -2.42. The molecule has 1 rings (SSSR count). The number of nitrogens with one attached hydrogen (secondary N) is 2. The molecule has 0 saturated carbocycles. The van der Waals surface area contributed by atoms with Gasteiger partial charge in [-0.2, -0.15) is 0 Å². The van der Waals surface area contributed by atoms with Gasteiger partial charge in [0.05, 0.1) is 6.61 Å². The van der Waals surface area contributed by atoms with Crippen LogP contribution in [0.1, 0.15) is 13.3 Å². The number of thiocarbonyl (C=S) groups is 1. The minimum absolute atomic E-state index is 0.410. The highest BCUT2D eigenvalue weighted by atomic mass is 32.1. The van der Waals surface area contributed by atoms with Gasteiger partial charge in [-0.25, -0.2) is 0 Å². The van der Waals surface area contributed by atoms with Crippen molar-refractivity contribution < 1.29 is 4.74 Å². The number of hydrogen-bond donors (Lipinski definition) is 2. The van der Waals surface area contributed by atoms with Gasteiger partial charge in [-0.05, 0) is 25.6 Å². The number of ether oxygens (including phenoxy) is 1. The first-order valence-corrected chi connectivity index (χ1v) is 4.71. The molecule has 0 aromatic heterocycles. The topological polar surface area (TPSA) is 33.3 Å². The van der Waals surface area contributed by atoms with E-state index in [9.17, 15) is 0 Å². The van der Waals surface area contributed by atoms with Gasteiger partial charge in [-0.1, -0.05) is 0 Å². The van der Waals surface area contributed by atoms with Crippen molar-refractivity contribution in [1.29, 1.82) is 0 Å². The van der Waals surface area contributed by atoms with Gasteiger partial charge in [0, 0.05) is 25.6 Å². The summed E-state index contributed by atoms with van der Waals surface area (Å²) in [5.41, 5.74) is 0. The second-order valence-electron chi connectivity index (χ2n) is 3.14. The first-order valence-electron chi connectivity index (χ1n) is 4.30. The molecule has 0 radical (unpaired) electrons. The van der Waals surface area contributed by atoms with E-state index < -0.39 is 0 Å². The van der Waals surface area contributed by atoms with Crippen LogP contribution in [0.25, 0.3) is 0 Å². The van der Waals surface area contributed by atoms with E-state index in [1.165, 1.54) is 0 Å². The summed E-state index contributed by atoms with van der Waals surface area (Å²) in [6.07, 6.45) is 1.14. The molecular formula is C8H16N2OS. The Labute approximate surface area is 78.9 Å². The molecule has 0 spiro atoms. The SMILES string of the molecule is CNC(=S)NC(C)C1CCOC1.